The van der Waals surface area contributed by atoms with Crippen molar-refractivity contribution in [2.24, 2.45) is 0 Å². The van der Waals surface area contributed by atoms with E-state index in [2.05, 4.69) is 0 Å². The minimum absolute atomic E-state index is 0.178. The fourth-order valence-electron chi connectivity index (χ4n) is 2.80. The monoisotopic (exact) mass is 380 g/mol. The summed E-state index contributed by atoms with van der Waals surface area (Å²) in [5.41, 5.74) is 2.00. The van der Waals surface area contributed by atoms with Gasteiger partial charge in [0.05, 0.1) is 10.6 Å². The molecule has 0 atom stereocenters. The highest BCUT2D eigenvalue weighted by atomic mass is 35.5. The summed E-state index contributed by atoms with van der Waals surface area (Å²) in [6.07, 6.45) is 0. The Balaban J connectivity index is 1.62. The first-order valence-electron chi connectivity index (χ1n) is 8.30. The van der Waals surface area contributed by atoms with Crippen molar-refractivity contribution in [1.29, 1.82) is 0 Å². The number of hydrogen-bond acceptors (Lipinski definition) is 3. The first-order valence-corrected chi connectivity index (χ1v) is 8.68. The van der Waals surface area contributed by atoms with E-state index in [4.69, 9.17) is 20.8 Å². The van der Waals surface area contributed by atoms with Crippen molar-refractivity contribution >= 4 is 22.6 Å². The average Bonchev–Trinajstić information content (AvgIpc) is 2.67. The second kappa shape index (κ2) is 7.25. The van der Waals surface area contributed by atoms with E-state index in [0.717, 1.165) is 10.9 Å². The van der Waals surface area contributed by atoms with Crippen LogP contribution in [0.1, 0.15) is 5.56 Å². The molecule has 27 heavy (non-hydrogen) atoms. The lowest BCUT2D eigenvalue weighted by Crippen LogP contribution is -2.03. The Bertz CT molecular complexity index is 1170. The summed E-state index contributed by atoms with van der Waals surface area (Å²) < 4.78 is 24.3. The van der Waals surface area contributed by atoms with Gasteiger partial charge in [0, 0.05) is 17.0 Å². The number of fused-ring (bicyclic) bond motifs is 1. The normalized spacial score (nSPS) is 10.9. The lowest BCUT2D eigenvalue weighted by atomic mass is 10.1. The van der Waals surface area contributed by atoms with Gasteiger partial charge in [0.2, 0.25) is 0 Å². The maximum atomic E-state index is 13.1. The number of benzene rings is 3. The van der Waals surface area contributed by atoms with Crippen LogP contribution in [0.3, 0.4) is 0 Å². The zero-order valence-corrected chi connectivity index (χ0v) is 14.9. The fraction of sp³-hybridized carbons (Fsp3) is 0.0455. The third-order valence-corrected chi connectivity index (χ3v) is 4.55. The second-order valence-electron chi connectivity index (χ2n) is 6.04. The SMILES string of the molecule is O=c1oc2cc(OCc3ccc(F)cc3Cl)ccc2cc1-c1ccccc1. The quantitative estimate of drug-likeness (QED) is 0.418. The van der Waals surface area contributed by atoms with Crippen LogP contribution in [-0.2, 0) is 6.61 Å². The zero-order chi connectivity index (χ0) is 18.8. The highest BCUT2D eigenvalue weighted by Crippen LogP contribution is 2.25. The lowest BCUT2D eigenvalue weighted by molar-refractivity contribution is 0.306. The lowest BCUT2D eigenvalue weighted by Gasteiger charge is -2.09. The van der Waals surface area contributed by atoms with Crippen molar-refractivity contribution in [3.05, 3.63) is 99.6 Å². The molecule has 3 nitrogen and oxygen atoms in total. The predicted molar refractivity (Wildman–Crippen MR) is 104 cm³/mol. The predicted octanol–water partition coefficient (Wildman–Crippen LogP) is 5.83. The molecule has 1 heterocycles. The first kappa shape index (κ1) is 17.3. The molecule has 0 amide bonds. The maximum Gasteiger partial charge on any atom is 0.344 e. The van der Waals surface area contributed by atoms with Crippen LogP contribution in [0.5, 0.6) is 5.75 Å². The van der Waals surface area contributed by atoms with Gasteiger partial charge in [-0.2, -0.15) is 0 Å². The Morgan fingerprint density at radius 3 is 2.56 bits per heavy atom. The Morgan fingerprint density at radius 1 is 0.963 bits per heavy atom. The second-order valence-corrected chi connectivity index (χ2v) is 6.44. The van der Waals surface area contributed by atoms with Crippen molar-refractivity contribution in [2.75, 3.05) is 0 Å². The van der Waals surface area contributed by atoms with E-state index in [9.17, 15) is 9.18 Å². The molecule has 4 rings (SSSR count). The molecule has 134 valence electrons. The molecule has 0 radical (unpaired) electrons. The molecule has 0 saturated carbocycles. The minimum atomic E-state index is -0.410. The van der Waals surface area contributed by atoms with E-state index in [-0.39, 0.29) is 6.61 Å². The van der Waals surface area contributed by atoms with E-state index in [1.54, 1.807) is 24.3 Å². The maximum absolute atomic E-state index is 13.1. The third kappa shape index (κ3) is 3.71. The summed E-state index contributed by atoms with van der Waals surface area (Å²) in [7, 11) is 0. The summed E-state index contributed by atoms with van der Waals surface area (Å²) in [5, 5.41) is 1.09. The molecule has 0 saturated heterocycles. The Labute approximate surface area is 159 Å². The Hall–Kier alpha value is -3.11. The highest BCUT2D eigenvalue weighted by molar-refractivity contribution is 6.31. The van der Waals surface area contributed by atoms with Crippen LogP contribution < -0.4 is 10.4 Å². The van der Waals surface area contributed by atoms with Crippen LogP contribution in [0.4, 0.5) is 4.39 Å². The van der Waals surface area contributed by atoms with Crippen LogP contribution in [0.15, 0.2) is 82.0 Å². The van der Waals surface area contributed by atoms with Gasteiger partial charge in [-0.3, -0.25) is 0 Å². The minimum Gasteiger partial charge on any atom is -0.489 e. The van der Waals surface area contributed by atoms with E-state index < -0.39 is 11.4 Å². The van der Waals surface area contributed by atoms with Crippen LogP contribution in [0, 0.1) is 5.82 Å². The summed E-state index contributed by atoms with van der Waals surface area (Å²) >= 11 is 6.01. The topological polar surface area (TPSA) is 39.4 Å². The van der Waals surface area contributed by atoms with Gasteiger partial charge < -0.3 is 9.15 Å². The van der Waals surface area contributed by atoms with Gasteiger partial charge in [-0.15, -0.1) is 0 Å². The molecule has 0 bridgehead atoms. The van der Waals surface area contributed by atoms with Gasteiger partial charge >= 0.3 is 5.63 Å². The van der Waals surface area contributed by atoms with E-state index >= 15 is 0 Å². The molecule has 0 aliphatic carbocycles. The van der Waals surface area contributed by atoms with Crippen LogP contribution in [0.2, 0.25) is 5.02 Å². The van der Waals surface area contributed by atoms with E-state index in [0.29, 0.717) is 27.5 Å². The molecular formula is C22H14ClFO3. The highest BCUT2D eigenvalue weighted by Gasteiger charge is 2.09. The van der Waals surface area contributed by atoms with Crippen molar-refractivity contribution < 1.29 is 13.5 Å². The number of hydrogen-bond donors (Lipinski definition) is 0. The molecule has 0 fully saturated rings. The van der Waals surface area contributed by atoms with Crippen molar-refractivity contribution in [3.63, 3.8) is 0 Å². The smallest absolute Gasteiger partial charge is 0.344 e. The molecule has 4 aromatic rings. The zero-order valence-electron chi connectivity index (χ0n) is 14.1. The summed E-state index contributed by atoms with van der Waals surface area (Å²) in [4.78, 5) is 12.3. The number of rotatable bonds is 4. The summed E-state index contributed by atoms with van der Waals surface area (Å²) in [5.74, 6) is 0.129. The molecule has 1 aromatic heterocycles. The van der Waals surface area contributed by atoms with Crippen molar-refractivity contribution in [2.45, 2.75) is 6.61 Å². The van der Waals surface area contributed by atoms with Gasteiger partial charge in [-0.25, -0.2) is 9.18 Å². The molecule has 5 heteroatoms. The van der Waals surface area contributed by atoms with Gasteiger partial charge in [0.15, 0.2) is 0 Å². The first-order chi connectivity index (χ1) is 13.1. The molecule has 0 N–H and O–H groups in total. The van der Waals surface area contributed by atoms with Crippen LogP contribution in [0.25, 0.3) is 22.1 Å². The number of halogens is 2. The summed E-state index contributed by atoms with van der Waals surface area (Å²) in [6, 6.07) is 20.6. The van der Waals surface area contributed by atoms with E-state index in [1.807, 2.05) is 36.4 Å². The molecular weight excluding hydrogens is 367 g/mol. The Morgan fingerprint density at radius 2 is 1.78 bits per heavy atom. The van der Waals surface area contributed by atoms with Gasteiger partial charge in [-0.05, 0) is 35.9 Å². The summed E-state index contributed by atoms with van der Waals surface area (Å²) in [6.45, 7) is 0.178. The van der Waals surface area contributed by atoms with Gasteiger partial charge in [0.1, 0.15) is 23.8 Å². The fourth-order valence-corrected chi connectivity index (χ4v) is 3.02. The molecule has 0 unspecified atom stereocenters. The molecule has 0 aliphatic heterocycles. The number of ether oxygens (including phenoxy) is 1. The standard InChI is InChI=1S/C22H14ClFO3/c23-20-11-17(24)8-6-16(20)13-26-18-9-7-15-10-19(14-4-2-1-3-5-14)22(25)27-21(15)12-18/h1-12H,13H2. The van der Waals surface area contributed by atoms with Crippen molar-refractivity contribution in [1.82, 2.24) is 0 Å². The largest absolute Gasteiger partial charge is 0.489 e. The molecule has 3 aromatic carbocycles. The van der Waals surface area contributed by atoms with Gasteiger partial charge in [-0.1, -0.05) is 48.0 Å². The third-order valence-electron chi connectivity index (χ3n) is 4.20. The van der Waals surface area contributed by atoms with E-state index in [1.165, 1.54) is 12.1 Å². The van der Waals surface area contributed by atoms with Crippen molar-refractivity contribution in [3.8, 4) is 16.9 Å². The van der Waals surface area contributed by atoms with Crippen LogP contribution >= 0.6 is 11.6 Å². The Kier molecular flexibility index (Phi) is 4.65. The molecule has 0 aliphatic rings. The van der Waals surface area contributed by atoms with Crippen LogP contribution in [-0.4, -0.2) is 0 Å². The van der Waals surface area contributed by atoms with Gasteiger partial charge in [0.25, 0.3) is 0 Å². The average molecular weight is 381 g/mol. The molecule has 0 spiro atoms.